The summed E-state index contributed by atoms with van der Waals surface area (Å²) in [6.07, 6.45) is 4.64. The molecule has 1 aromatic heterocycles. The highest BCUT2D eigenvalue weighted by Gasteiger charge is 2.23. The van der Waals surface area contributed by atoms with Crippen LogP contribution in [0.2, 0.25) is 0 Å². The SMILES string of the molecule is Cc1cccc2c(N)c(C(=O)NC3CCCC(C)C3)sc12. The Bertz CT molecular complexity index is 677. The van der Waals surface area contributed by atoms with Crippen molar-refractivity contribution in [1.29, 1.82) is 0 Å². The number of nitrogen functional groups attached to an aromatic ring is 1. The van der Waals surface area contributed by atoms with E-state index in [1.807, 2.05) is 12.1 Å². The molecule has 2 unspecified atom stereocenters. The van der Waals surface area contributed by atoms with Gasteiger partial charge in [0.15, 0.2) is 0 Å². The second-order valence-electron chi connectivity index (χ2n) is 6.24. The molecular weight excluding hydrogens is 280 g/mol. The van der Waals surface area contributed by atoms with E-state index >= 15 is 0 Å². The van der Waals surface area contributed by atoms with Crippen LogP contribution in [-0.2, 0) is 0 Å². The van der Waals surface area contributed by atoms with E-state index in [4.69, 9.17) is 5.73 Å². The van der Waals surface area contributed by atoms with Gasteiger partial charge in [0, 0.05) is 16.1 Å². The molecule has 0 radical (unpaired) electrons. The Morgan fingerprint density at radius 2 is 2.19 bits per heavy atom. The number of anilines is 1. The molecule has 2 atom stereocenters. The van der Waals surface area contributed by atoms with Crippen molar-refractivity contribution >= 4 is 33.0 Å². The van der Waals surface area contributed by atoms with Crippen molar-refractivity contribution in [3.8, 4) is 0 Å². The molecule has 2 aromatic rings. The molecule has 1 heterocycles. The number of hydrogen-bond acceptors (Lipinski definition) is 3. The lowest BCUT2D eigenvalue weighted by atomic mass is 9.87. The minimum Gasteiger partial charge on any atom is -0.397 e. The lowest BCUT2D eigenvalue weighted by Gasteiger charge is -2.27. The number of carbonyl (C=O) groups excluding carboxylic acids is 1. The van der Waals surface area contributed by atoms with Gasteiger partial charge in [-0.1, -0.05) is 38.0 Å². The van der Waals surface area contributed by atoms with Crippen LogP contribution in [0.15, 0.2) is 18.2 Å². The topological polar surface area (TPSA) is 55.1 Å². The summed E-state index contributed by atoms with van der Waals surface area (Å²) in [6, 6.07) is 6.34. The summed E-state index contributed by atoms with van der Waals surface area (Å²) in [6.45, 7) is 4.32. The second-order valence-corrected chi connectivity index (χ2v) is 7.26. The number of amides is 1. The van der Waals surface area contributed by atoms with E-state index in [-0.39, 0.29) is 5.91 Å². The van der Waals surface area contributed by atoms with Crippen molar-refractivity contribution < 1.29 is 4.79 Å². The monoisotopic (exact) mass is 302 g/mol. The predicted octanol–water partition coefficient (Wildman–Crippen LogP) is 4.10. The molecule has 3 N–H and O–H groups in total. The molecular formula is C17H22N2OS. The Hall–Kier alpha value is -1.55. The third kappa shape index (κ3) is 2.77. The number of rotatable bonds is 2. The molecule has 1 aromatic carbocycles. The average Bonchev–Trinajstić information content (AvgIpc) is 2.78. The first-order chi connectivity index (χ1) is 10.1. The van der Waals surface area contributed by atoms with Crippen LogP contribution in [0.1, 0.15) is 47.8 Å². The Morgan fingerprint density at radius 1 is 1.38 bits per heavy atom. The van der Waals surface area contributed by atoms with Gasteiger partial charge in [-0.05, 0) is 31.2 Å². The molecule has 1 amide bonds. The smallest absolute Gasteiger partial charge is 0.263 e. The molecule has 0 spiro atoms. The summed E-state index contributed by atoms with van der Waals surface area (Å²) in [7, 11) is 0. The van der Waals surface area contributed by atoms with E-state index in [1.54, 1.807) is 0 Å². The fourth-order valence-corrected chi connectivity index (χ4v) is 4.36. The molecule has 112 valence electrons. The van der Waals surface area contributed by atoms with Gasteiger partial charge in [-0.2, -0.15) is 0 Å². The molecule has 3 nitrogen and oxygen atoms in total. The van der Waals surface area contributed by atoms with Gasteiger partial charge >= 0.3 is 0 Å². The van der Waals surface area contributed by atoms with Crippen molar-refractivity contribution in [1.82, 2.24) is 5.32 Å². The van der Waals surface area contributed by atoms with Gasteiger partial charge in [0.25, 0.3) is 5.91 Å². The predicted molar refractivity (Wildman–Crippen MR) is 89.9 cm³/mol. The van der Waals surface area contributed by atoms with Crippen molar-refractivity contribution in [3.05, 3.63) is 28.6 Å². The van der Waals surface area contributed by atoms with Crippen molar-refractivity contribution in [2.45, 2.75) is 45.6 Å². The fourth-order valence-electron chi connectivity index (χ4n) is 3.26. The number of nitrogens with one attached hydrogen (secondary N) is 1. The summed E-state index contributed by atoms with van der Waals surface area (Å²) in [5, 5.41) is 4.18. The number of benzene rings is 1. The van der Waals surface area contributed by atoms with E-state index in [0.717, 1.165) is 22.9 Å². The normalized spacial score (nSPS) is 22.4. The molecule has 1 saturated carbocycles. The standard InChI is InChI=1S/C17H22N2OS/c1-10-5-3-7-12(9-10)19-17(20)16-14(18)13-8-4-6-11(2)15(13)21-16/h4,6,8,10,12H,3,5,7,9,18H2,1-2H3,(H,19,20). The molecule has 1 aliphatic carbocycles. The Morgan fingerprint density at radius 3 is 2.90 bits per heavy atom. The van der Waals surface area contributed by atoms with E-state index < -0.39 is 0 Å². The second kappa shape index (κ2) is 5.68. The Labute approximate surface area is 129 Å². The zero-order chi connectivity index (χ0) is 15.0. The average molecular weight is 302 g/mol. The summed E-state index contributed by atoms with van der Waals surface area (Å²) < 4.78 is 1.12. The van der Waals surface area contributed by atoms with Crippen LogP contribution in [0.25, 0.3) is 10.1 Å². The summed E-state index contributed by atoms with van der Waals surface area (Å²) in [4.78, 5) is 13.2. The van der Waals surface area contributed by atoms with Gasteiger partial charge in [0.2, 0.25) is 0 Å². The highest BCUT2D eigenvalue weighted by atomic mass is 32.1. The zero-order valence-electron chi connectivity index (χ0n) is 12.6. The van der Waals surface area contributed by atoms with E-state index in [2.05, 4.69) is 25.2 Å². The largest absolute Gasteiger partial charge is 0.397 e. The van der Waals surface area contributed by atoms with Crippen molar-refractivity contribution in [2.24, 2.45) is 5.92 Å². The van der Waals surface area contributed by atoms with Crippen LogP contribution in [-0.4, -0.2) is 11.9 Å². The number of carbonyl (C=O) groups is 1. The molecule has 0 bridgehead atoms. The van der Waals surface area contributed by atoms with Crippen LogP contribution in [0.5, 0.6) is 0 Å². The van der Waals surface area contributed by atoms with Gasteiger partial charge in [0.1, 0.15) is 4.88 Å². The molecule has 21 heavy (non-hydrogen) atoms. The minimum atomic E-state index is -0.00722. The Balaban J connectivity index is 1.84. The van der Waals surface area contributed by atoms with Gasteiger partial charge in [-0.3, -0.25) is 4.79 Å². The maximum absolute atomic E-state index is 12.5. The number of thiophene rings is 1. The van der Waals surface area contributed by atoms with Crippen LogP contribution >= 0.6 is 11.3 Å². The minimum absolute atomic E-state index is 0.00722. The first-order valence-corrected chi connectivity index (χ1v) is 8.46. The summed E-state index contributed by atoms with van der Waals surface area (Å²) >= 11 is 1.51. The fraction of sp³-hybridized carbons (Fsp3) is 0.471. The zero-order valence-corrected chi connectivity index (χ0v) is 13.4. The third-order valence-corrected chi connectivity index (χ3v) is 5.78. The van der Waals surface area contributed by atoms with Gasteiger partial charge in [0.05, 0.1) is 5.69 Å². The first-order valence-electron chi connectivity index (χ1n) is 7.64. The summed E-state index contributed by atoms with van der Waals surface area (Å²) in [5.41, 5.74) is 7.99. The quantitative estimate of drug-likeness (QED) is 0.877. The van der Waals surface area contributed by atoms with Gasteiger partial charge in [-0.25, -0.2) is 0 Å². The van der Waals surface area contributed by atoms with E-state index in [1.165, 1.54) is 29.7 Å². The highest BCUT2D eigenvalue weighted by molar-refractivity contribution is 7.21. The van der Waals surface area contributed by atoms with Crippen molar-refractivity contribution in [2.75, 3.05) is 5.73 Å². The Kier molecular flexibility index (Phi) is 3.89. The number of nitrogens with two attached hydrogens (primary N) is 1. The maximum Gasteiger partial charge on any atom is 0.263 e. The molecule has 4 heteroatoms. The van der Waals surface area contributed by atoms with Crippen LogP contribution < -0.4 is 11.1 Å². The van der Waals surface area contributed by atoms with Gasteiger partial charge in [-0.15, -0.1) is 11.3 Å². The number of aryl methyl sites for hydroxylation is 1. The van der Waals surface area contributed by atoms with Gasteiger partial charge < -0.3 is 11.1 Å². The van der Waals surface area contributed by atoms with E-state index in [9.17, 15) is 4.79 Å². The summed E-state index contributed by atoms with van der Waals surface area (Å²) in [5.74, 6) is 0.693. The molecule has 3 rings (SSSR count). The van der Waals surface area contributed by atoms with Crippen LogP contribution in [0.3, 0.4) is 0 Å². The first kappa shape index (κ1) is 14.4. The molecule has 1 fully saturated rings. The maximum atomic E-state index is 12.5. The lowest BCUT2D eigenvalue weighted by molar-refractivity contribution is 0.0926. The lowest BCUT2D eigenvalue weighted by Crippen LogP contribution is -2.37. The molecule has 1 aliphatic rings. The highest BCUT2D eigenvalue weighted by Crippen LogP contribution is 2.35. The number of fused-ring (bicyclic) bond motifs is 1. The molecule has 0 saturated heterocycles. The van der Waals surface area contributed by atoms with E-state index in [0.29, 0.717) is 22.5 Å². The van der Waals surface area contributed by atoms with Crippen LogP contribution in [0, 0.1) is 12.8 Å². The van der Waals surface area contributed by atoms with Crippen molar-refractivity contribution in [3.63, 3.8) is 0 Å². The number of hydrogen-bond donors (Lipinski definition) is 2. The molecule has 0 aliphatic heterocycles. The third-order valence-electron chi connectivity index (χ3n) is 4.43. The van der Waals surface area contributed by atoms with Crippen LogP contribution in [0.4, 0.5) is 5.69 Å².